The first-order chi connectivity index (χ1) is 9.16. The van der Waals surface area contributed by atoms with Gasteiger partial charge in [0.2, 0.25) is 0 Å². The molecule has 0 radical (unpaired) electrons. The highest BCUT2D eigenvalue weighted by Gasteiger charge is 2.18. The summed E-state index contributed by atoms with van der Waals surface area (Å²) >= 11 is 5.74. The van der Waals surface area contributed by atoms with Crippen LogP contribution in [0.5, 0.6) is 0 Å². The van der Waals surface area contributed by atoms with Crippen LogP contribution in [0.1, 0.15) is 10.4 Å². The minimum atomic E-state index is -0.441. The molecule has 0 aromatic heterocycles. The Morgan fingerprint density at radius 1 is 1.21 bits per heavy atom. The Morgan fingerprint density at radius 3 is 2.47 bits per heavy atom. The molecule has 0 atom stereocenters. The van der Waals surface area contributed by atoms with Gasteiger partial charge < -0.3 is 15.0 Å². The molecule has 1 heterocycles. The van der Waals surface area contributed by atoms with Gasteiger partial charge in [-0.15, -0.1) is 0 Å². The molecule has 0 spiro atoms. The topological polar surface area (TPSA) is 58.6 Å². The average Bonchev–Trinajstić information content (AvgIpc) is 2.46. The fourth-order valence-corrected chi connectivity index (χ4v) is 1.91. The lowest BCUT2D eigenvalue weighted by Gasteiger charge is -2.26. The third-order valence-electron chi connectivity index (χ3n) is 2.87. The number of amides is 1. The lowest BCUT2D eigenvalue weighted by Crippen LogP contribution is -2.46. The van der Waals surface area contributed by atoms with Crippen LogP contribution < -0.4 is 5.32 Å². The van der Waals surface area contributed by atoms with Crippen molar-refractivity contribution in [2.24, 2.45) is 0 Å². The molecule has 1 aliphatic rings. The molecule has 6 heteroatoms. The van der Waals surface area contributed by atoms with Gasteiger partial charge in [-0.3, -0.25) is 4.79 Å². The van der Waals surface area contributed by atoms with Crippen LogP contribution in [0, 0.1) is 0 Å². The van der Waals surface area contributed by atoms with Crippen LogP contribution in [0.3, 0.4) is 0 Å². The number of piperazine rings is 1. The summed E-state index contributed by atoms with van der Waals surface area (Å²) in [7, 11) is 0. The van der Waals surface area contributed by atoms with E-state index in [1.54, 1.807) is 29.2 Å². The smallest absolute Gasteiger partial charge is 0.410 e. The van der Waals surface area contributed by atoms with E-state index in [1.807, 2.05) is 0 Å². The first kappa shape index (κ1) is 13.8. The Balaban J connectivity index is 1.82. The number of Topliss-reactive ketones (excluding diaryl/α,β-unsaturated/α-hetero) is 1. The van der Waals surface area contributed by atoms with Crippen molar-refractivity contribution in [3.8, 4) is 0 Å². The molecule has 0 bridgehead atoms. The fourth-order valence-electron chi connectivity index (χ4n) is 1.79. The molecule has 0 saturated carbocycles. The van der Waals surface area contributed by atoms with Gasteiger partial charge in [0.15, 0.2) is 12.4 Å². The maximum absolute atomic E-state index is 11.8. The standard InChI is InChI=1S/C13H15ClN2O3/c14-11-3-1-10(2-4-11)12(17)9-19-13(18)16-7-5-15-6-8-16/h1-4,15H,5-9H2. The van der Waals surface area contributed by atoms with E-state index in [0.717, 1.165) is 13.1 Å². The number of carbonyl (C=O) groups is 2. The van der Waals surface area contributed by atoms with Crippen molar-refractivity contribution in [2.45, 2.75) is 0 Å². The van der Waals surface area contributed by atoms with Crippen LogP contribution >= 0.6 is 11.6 Å². The van der Waals surface area contributed by atoms with E-state index in [9.17, 15) is 9.59 Å². The van der Waals surface area contributed by atoms with Gasteiger partial charge in [-0.2, -0.15) is 0 Å². The average molecular weight is 283 g/mol. The summed E-state index contributed by atoms with van der Waals surface area (Å²) < 4.78 is 5.00. The molecule has 5 nitrogen and oxygen atoms in total. The zero-order valence-electron chi connectivity index (χ0n) is 10.4. The van der Waals surface area contributed by atoms with Crippen molar-refractivity contribution in [3.63, 3.8) is 0 Å². The maximum atomic E-state index is 11.8. The summed E-state index contributed by atoms with van der Waals surface area (Å²) in [5.74, 6) is -0.236. The highest BCUT2D eigenvalue weighted by atomic mass is 35.5. The predicted octanol–water partition coefficient (Wildman–Crippen LogP) is 1.56. The largest absolute Gasteiger partial charge is 0.441 e. The molecule has 0 unspecified atom stereocenters. The third kappa shape index (κ3) is 3.94. The Kier molecular flexibility index (Phi) is 4.76. The highest BCUT2D eigenvalue weighted by molar-refractivity contribution is 6.30. The summed E-state index contributed by atoms with van der Waals surface area (Å²) in [6.07, 6.45) is -0.441. The van der Waals surface area contributed by atoms with Crippen molar-refractivity contribution in [2.75, 3.05) is 32.8 Å². The van der Waals surface area contributed by atoms with E-state index < -0.39 is 6.09 Å². The number of benzene rings is 1. The summed E-state index contributed by atoms with van der Waals surface area (Å²) in [5.41, 5.74) is 0.484. The fraction of sp³-hybridized carbons (Fsp3) is 0.385. The monoisotopic (exact) mass is 282 g/mol. The molecule has 1 aliphatic heterocycles. The normalized spacial score (nSPS) is 15.1. The second-order valence-corrected chi connectivity index (χ2v) is 4.66. The molecule has 1 amide bonds. The van der Waals surface area contributed by atoms with E-state index >= 15 is 0 Å². The zero-order chi connectivity index (χ0) is 13.7. The quantitative estimate of drug-likeness (QED) is 0.855. The van der Waals surface area contributed by atoms with E-state index in [1.165, 1.54) is 0 Å². The summed E-state index contributed by atoms with van der Waals surface area (Å²) in [6, 6.07) is 6.49. The first-order valence-electron chi connectivity index (χ1n) is 6.08. The van der Waals surface area contributed by atoms with E-state index in [0.29, 0.717) is 23.7 Å². The molecule has 1 fully saturated rings. The molecule has 1 N–H and O–H groups in total. The third-order valence-corrected chi connectivity index (χ3v) is 3.12. The van der Waals surface area contributed by atoms with Gasteiger partial charge in [-0.05, 0) is 24.3 Å². The van der Waals surface area contributed by atoms with Crippen molar-refractivity contribution in [3.05, 3.63) is 34.9 Å². The second kappa shape index (κ2) is 6.54. The van der Waals surface area contributed by atoms with Crippen molar-refractivity contribution >= 4 is 23.5 Å². The summed E-state index contributed by atoms with van der Waals surface area (Å²) in [6.45, 7) is 2.47. The Labute approximate surface area is 116 Å². The van der Waals surface area contributed by atoms with Gasteiger partial charge in [0.1, 0.15) is 0 Å². The van der Waals surface area contributed by atoms with Crippen LogP contribution in [-0.2, 0) is 4.74 Å². The van der Waals surface area contributed by atoms with E-state index in [-0.39, 0.29) is 12.4 Å². The molecular formula is C13H15ClN2O3. The molecule has 2 rings (SSSR count). The number of nitrogens with zero attached hydrogens (tertiary/aromatic N) is 1. The lowest BCUT2D eigenvalue weighted by atomic mass is 10.1. The van der Waals surface area contributed by atoms with Crippen molar-refractivity contribution in [1.82, 2.24) is 10.2 Å². The number of hydrogen-bond donors (Lipinski definition) is 1. The van der Waals surface area contributed by atoms with Gasteiger partial charge in [0.05, 0.1) is 0 Å². The molecule has 1 aromatic rings. The Morgan fingerprint density at radius 2 is 1.84 bits per heavy atom. The minimum absolute atomic E-state index is 0.236. The molecule has 19 heavy (non-hydrogen) atoms. The van der Waals surface area contributed by atoms with Crippen molar-refractivity contribution in [1.29, 1.82) is 0 Å². The molecule has 1 aromatic carbocycles. The highest BCUT2D eigenvalue weighted by Crippen LogP contribution is 2.10. The minimum Gasteiger partial charge on any atom is -0.441 e. The summed E-state index contributed by atoms with van der Waals surface area (Å²) in [5, 5.41) is 3.70. The van der Waals surface area contributed by atoms with Crippen LogP contribution in [-0.4, -0.2) is 49.6 Å². The van der Waals surface area contributed by atoms with Gasteiger partial charge in [-0.1, -0.05) is 11.6 Å². The number of ketones is 1. The van der Waals surface area contributed by atoms with E-state index in [2.05, 4.69) is 5.32 Å². The second-order valence-electron chi connectivity index (χ2n) is 4.22. The number of carbonyl (C=O) groups excluding carboxylic acids is 2. The number of halogens is 1. The van der Waals surface area contributed by atoms with Gasteiger partial charge >= 0.3 is 6.09 Å². The predicted molar refractivity (Wildman–Crippen MR) is 71.6 cm³/mol. The first-order valence-corrected chi connectivity index (χ1v) is 6.46. The molecule has 0 aliphatic carbocycles. The molecular weight excluding hydrogens is 268 g/mol. The zero-order valence-corrected chi connectivity index (χ0v) is 11.2. The maximum Gasteiger partial charge on any atom is 0.410 e. The van der Waals surface area contributed by atoms with Crippen LogP contribution in [0.15, 0.2) is 24.3 Å². The van der Waals surface area contributed by atoms with E-state index in [4.69, 9.17) is 16.3 Å². The van der Waals surface area contributed by atoms with Crippen molar-refractivity contribution < 1.29 is 14.3 Å². The number of ether oxygens (including phenoxy) is 1. The summed E-state index contributed by atoms with van der Waals surface area (Å²) in [4.78, 5) is 25.1. The molecule has 1 saturated heterocycles. The van der Waals surface area contributed by atoms with Gasteiger partial charge in [0.25, 0.3) is 0 Å². The Bertz CT molecular complexity index is 455. The number of hydrogen-bond acceptors (Lipinski definition) is 4. The van der Waals surface area contributed by atoms with Crippen LogP contribution in [0.25, 0.3) is 0 Å². The number of rotatable bonds is 3. The SMILES string of the molecule is O=C(COC(=O)N1CCNCC1)c1ccc(Cl)cc1. The van der Waals surface area contributed by atoms with Gasteiger partial charge in [0, 0.05) is 36.8 Å². The molecule has 102 valence electrons. The van der Waals surface area contributed by atoms with Gasteiger partial charge in [-0.25, -0.2) is 4.79 Å². The number of nitrogens with one attached hydrogen (secondary N) is 1. The van der Waals surface area contributed by atoms with Crippen LogP contribution in [0.4, 0.5) is 4.79 Å². The lowest BCUT2D eigenvalue weighted by molar-refractivity contribution is 0.0737. The van der Waals surface area contributed by atoms with Crippen LogP contribution in [0.2, 0.25) is 5.02 Å². The Hall–Kier alpha value is -1.59.